The summed E-state index contributed by atoms with van der Waals surface area (Å²) >= 11 is 3.47. The van der Waals surface area contributed by atoms with Gasteiger partial charge >= 0.3 is 0 Å². The minimum atomic E-state index is 0.122. The molecule has 3 heterocycles. The van der Waals surface area contributed by atoms with Gasteiger partial charge in [-0.1, -0.05) is 36.8 Å². The van der Waals surface area contributed by atoms with Gasteiger partial charge in [0.05, 0.1) is 16.8 Å². The third kappa shape index (κ3) is 3.36. The van der Waals surface area contributed by atoms with Crippen molar-refractivity contribution in [3.63, 3.8) is 0 Å². The summed E-state index contributed by atoms with van der Waals surface area (Å²) in [5, 5.41) is 0.872. The second-order valence-corrected chi connectivity index (χ2v) is 10.2. The summed E-state index contributed by atoms with van der Waals surface area (Å²) in [4.78, 5) is 23.5. The second kappa shape index (κ2) is 7.54. The van der Waals surface area contributed by atoms with Crippen molar-refractivity contribution in [2.24, 2.45) is 0 Å². The van der Waals surface area contributed by atoms with E-state index >= 15 is 0 Å². The molecular weight excluding hydrogens is 396 g/mol. The molecule has 4 aromatic rings. The number of fused-ring (bicyclic) bond motifs is 3. The Labute approximate surface area is 178 Å². The van der Waals surface area contributed by atoms with Crippen LogP contribution in [0, 0.1) is 13.8 Å². The molecule has 0 unspecified atom stereocenters. The number of hydrogen-bond donors (Lipinski definition) is 0. The first kappa shape index (κ1) is 18.8. The van der Waals surface area contributed by atoms with E-state index in [1.54, 1.807) is 22.7 Å². The van der Waals surface area contributed by atoms with E-state index < -0.39 is 0 Å². The molecule has 3 aromatic heterocycles. The van der Waals surface area contributed by atoms with Gasteiger partial charge in [0.15, 0.2) is 5.82 Å². The predicted octanol–water partition coefficient (Wildman–Crippen LogP) is 6.12. The average Bonchev–Trinajstić information content (AvgIpc) is 3.14. The van der Waals surface area contributed by atoms with Crippen LogP contribution in [-0.2, 0) is 19.4 Å². The highest BCUT2D eigenvalue weighted by molar-refractivity contribution is 7.19. The van der Waals surface area contributed by atoms with Crippen molar-refractivity contribution in [1.82, 2.24) is 9.55 Å². The number of rotatable bonds is 3. The van der Waals surface area contributed by atoms with Gasteiger partial charge < -0.3 is 0 Å². The largest absolute Gasteiger partial charge is 0.287 e. The zero-order valence-corrected chi connectivity index (χ0v) is 18.5. The first-order valence-electron chi connectivity index (χ1n) is 10.3. The van der Waals surface area contributed by atoms with Crippen LogP contribution < -0.4 is 5.56 Å². The Bertz CT molecular complexity index is 1230. The van der Waals surface area contributed by atoms with Crippen LogP contribution in [0.25, 0.3) is 20.9 Å². The summed E-state index contributed by atoms with van der Waals surface area (Å²) in [6.45, 7) is 4.81. The lowest BCUT2D eigenvalue weighted by atomic mass is 10.1. The first-order chi connectivity index (χ1) is 14.1. The van der Waals surface area contributed by atoms with Crippen molar-refractivity contribution in [3.8, 4) is 10.7 Å². The summed E-state index contributed by atoms with van der Waals surface area (Å²) in [6, 6.07) is 12.4. The number of thiophene rings is 2. The zero-order chi connectivity index (χ0) is 20.0. The molecule has 3 nitrogen and oxygen atoms in total. The Morgan fingerprint density at radius 3 is 2.59 bits per heavy atom. The van der Waals surface area contributed by atoms with Gasteiger partial charge in [0, 0.05) is 9.75 Å². The van der Waals surface area contributed by atoms with Gasteiger partial charge in [0.1, 0.15) is 4.83 Å². The number of hydrogen-bond acceptors (Lipinski definition) is 4. The molecule has 0 bridgehead atoms. The van der Waals surface area contributed by atoms with E-state index in [0.29, 0.717) is 6.54 Å². The van der Waals surface area contributed by atoms with E-state index in [4.69, 9.17) is 4.98 Å². The fourth-order valence-corrected chi connectivity index (χ4v) is 6.48. The monoisotopic (exact) mass is 420 g/mol. The molecule has 0 saturated carbocycles. The van der Waals surface area contributed by atoms with Crippen molar-refractivity contribution in [2.45, 2.75) is 52.5 Å². The van der Waals surface area contributed by atoms with Crippen LogP contribution in [0.3, 0.4) is 0 Å². The van der Waals surface area contributed by atoms with Crippen LogP contribution in [0.5, 0.6) is 0 Å². The van der Waals surface area contributed by atoms with E-state index in [1.807, 2.05) is 22.8 Å². The minimum Gasteiger partial charge on any atom is -0.287 e. The van der Waals surface area contributed by atoms with E-state index in [2.05, 4.69) is 32.0 Å². The van der Waals surface area contributed by atoms with Gasteiger partial charge in [0.2, 0.25) is 0 Å². The highest BCUT2D eigenvalue weighted by atomic mass is 32.1. The smallest absolute Gasteiger partial charge is 0.263 e. The Balaban J connectivity index is 1.77. The SMILES string of the molecule is Cc1cc(-c2nc3sc4c(c3c(=O)n2Cc2ccccc2)CCCCC4)sc1C. The van der Waals surface area contributed by atoms with Crippen LogP contribution >= 0.6 is 22.7 Å². The van der Waals surface area contributed by atoms with Crippen molar-refractivity contribution in [1.29, 1.82) is 0 Å². The summed E-state index contributed by atoms with van der Waals surface area (Å²) in [5.74, 6) is 0.809. The molecule has 1 aliphatic carbocycles. The zero-order valence-electron chi connectivity index (χ0n) is 16.8. The van der Waals surface area contributed by atoms with E-state index in [-0.39, 0.29) is 5.56 Å². The molecule has 0 saturated heterocycles. The molecule has 0 fully saturated rings. The summed E-state index contributed by atoms with van der Waals surface area (Å²) < 4.78 is 1.90. The minimum absolute atomic E-state index is 0.122. The molecule has 0 atom stereocenters. The van der Waals surface area contributed by atoms with E-state index in [0.717, 1.165) is 39.3 Å². The van der Waals surface area contributed by atoms with Crippen molar-refractivity contribution < 1.29 is 0 Å². The fraction of sp³-hybridized carbons (Fsp3) is 0.333. The number of aryl methyl sites for hydroxylation is 4. The highest BCUT2D eigenvalue weighted by Gasteiger charge is 2.22. The Hall–Kier alpha value is -2.24. The first-order valence-corrected chi connectivity index (χ1v) is 11.9. The summed E-state index contributed by atoms with van der Waals surface area (Å²) in [5.41, 5.74) is 3.78. The maximum Gasteiger partial charge on any atom is 0.263 e. The van der Waals surface area contributed by atoms with Gasteiger partial charge in [-0.25, -0.2) is 4.98 Å². The molecule has 1 aliphatic rings. The van der Waals surface area contributed by atoms with Crippen molar-refractivity contribution >= 4 is 32.9 Å². The molecule has 5 heteroatoms. The molecular formula is C24H24N2OS2. The summed E-state index contributed by atoms with van der Waals surface area (Å²) in [7, 11) is 0. The molecule has 0 spiro atoms. The van der Waals surface area contributed by atoms with Gasteiger partial charge in [-0.15, -0.1) is 22.7 Å². The molecule has 0 aliphatic heterocycles. The van der Waals surface area contributed by atoms with Crippen molar-refractivity contribution in [2.75, 3.05) is 0 Å². The number of nitrogens with zero attached hydrogens (tertiary/aromatic N) is 2. The molecule has 0 amide bonds. The number of benzene rings is 1. The third-order valence-electron chi connectivity index (χ3n) is 5.89. The van der Waals surface area contributed by atoms with Crippen LogP contribution in [0.15, 0.2) is 41.2 Å². The molecule has 29 heavy (non-hydrogen) atoms. The molecule has 0 N–H and O–H groups in total. The molecule has 148 valence electrons. The van der Waals surface area contributed by atoms with Gasteiger partial charge in [0.25, 0.3) is 5.56 Å². The van der Waals surface area contributed by atoms with Crippen LogP contribution in [0.2, 0.25) is 0 Å². The predicted molar refractivity (Wildman–Crippen MR) is 123 cm³/mol. The third-order valence-corrected chi connectivity index (χ3v) is 8.23. The molecule has 0 radical (unpaired) electrons. The molecule has 1 aromatic carbocycles. The van der Waals surface area contributed by atoms with Crippen LogP contribution in [0.1, 0.15) is 45.7 Å². The molecule has 5 rings (SSSR count). The van der Waals surface area contributed by atoms with E-state index in [1.165, 1.54) is 40.1 Å². The van der Waals surface area contributed by atoms with Crippen molar-refractivity contribution in [3.05, 3.63) is 73.2 Å². The number of aromatic nitrogens is 2. The quantitative estimate of drug-likeness (QED) is 0.374. The maximum atomic E-state index is 13.8. The second-order valence-electron chi connectivity index (χ2n) is 7.91. The van der Waals surface area contributed by atoms with Gasteiger partial charge in [-0.05, 0) is 62.3 Å². The van der Waals surface area contributed by atoms with Crippen LogP contribution in [0.4, 0.5) is 0 Å². The summed E-state index contributed by atoms with van der Waals surface area (Å²) in [6.07, 6.45) is 5.73. The topological polar surface area (TPSA) is 34.9 Å². The Morgan fingerprint density at radius 2 is 1.83 bits per heavy atom. The van der Waals surface area contributed by atoms with E-state index in [9.17, 15) is 4.79 Å². The Kier molecular flexibility index (Phi) is 4.88. The average molecular weight is 421 g/mol. The normalized spacial score (nSPS) is 14.1. The van der Waals surface area contributed by atoms with Crippen LogP contribution in [-0.4, -0.2) is 9.55 Å². The lowest BCUT2D eigenvalue weighted by molar-refractivity contribution is 0.712. The lowest BCUT2D eigenvalue weighted by Gasteiger charge is -2.12. The Morgan fingerprint density at radius 1 is 1.03 bits per heavy atom. The standard InChI is InChI=1S/C24H24N2OS2/c1-15-13-20(28-16(15)2)22-25-23-21(18-11-7-4-8-12-19(18)29-23)24(27)26(22)14-17-9-5-3-6-10-17/h3,5-6,9-10,13H,4,7-8,11-12,14H2,1-2H3. The van der Waals surface area contributed by atoms with Gasteiger partial charge in [-0.3, -0.25) is 9.36 Å². The fourth-order valence-electron chi connectivity index (χ4n) is 4.20. The van der Waals surface area contributed by atoms with Gasteiger partial charge in [-0.2, -0.15) is 0 Å². The maximum absolute atomic E-state index is 13.8. The lowest BCUT2D eigenvalue weighted by Crippen LogP contribution is -2.24. The highest BCUT2D eigenvalue weighted by Crippen LogP contribution is 2.36.